The molecule has 3 rings (SSSR count). The summed E-state index contributed by atoms with van der Waals surface area (Å²) in [5.41, 5.74) is 4.16. The zero-order valence-corrected chi connectivity index (χ0v) is 13.2. The lowest BCUT2D eigenvalue weighted by Crippen LogP contribution is -1.99. The standard InChI is InChI=1S/C15H13BrClN3/c1-10-4-11(16)6-13(5-10)18-7-14-9-20-8-12(17)2-3-15(20)19-14/h2-6,8-9,18H,7H2,1H3. The quantitative estimate of drug-likeness (QED) is 0.743. The average Bonchev–Trinajstić information content (AvgIpc) is 2.77. The van der Waals surface area contributed by atoms with Gasteiger partial charge in [0.1, 0.15) is 5.65 Å². The van der Waals surface area contributed by atoms with Crippen molar-refractivity contribution in [3.63, 3.8) is 0 Å². The van der Waals surface area contributed by atoms with Crippen LogP contribution in [0.25, 0.3) is 5.65 Å². The Morgan fingerprint density at radius 3 is 2.90 bits per heavy atom. The van der Waals surface area contributed by atoms with E-state index in [1.54, 1.807) is 0 Å². The maximum absolute atomic E-state index is 5.97. The van der Waals surface area contributed by atoms with Crippen molar-refractivity contribution in [2.75, 3.05) is 5.32 Å². The zero-order chi connectivity index (χ0) is 14.1. The van der Waals surface area contributed by atoms with Crippen LogP contribution in [0.5, 0.6) is 0 Å². The van der Waals surface area contributed by atoms with Gasteiger partial charge in [-0.2, -0.15) is 0 Å². The number of halogens is 2. The molecule has 20 heavy (non-hydrogen) atoms. The lowest BCUT2D eigenvalue weighted by molar-refractivity contribution is 1.08. The molecule has 3 aromatic rings. The molecule has 2 aromatic heterocycles. The van der Waals surface area contributed by atoms with Crippen molar-refractivity contribution < 1.29 is 0 Å². The molecule has 0 saturated carbocycles. The van der Waals surface area contributed by atoms with Crippen LogP contribution in [0, 0.1) is 6.92 Å². The molecule has 0 aliphatic heterocycles. The molecule has 0 aliphatic rings. The molecule has 0 fully saturated rings. The Labute approximate surface area is 130 Å². The van der Waals surface area contributed by atoms with Crippen LogP contribution in [0.15, 0.2) is 47.2 Å². The van der Waals surface area contributed by atoms with Gasteiger partial charge < -0.3 is 9.72 Å². The van der Waals surface area contributed by atoms with E-state index < -0.39 is 0 Å². The van der Waals surface area contributed by atoms with Gasteiger partial charge in [0.2, 0.25) is 0 Å². The Bertz CT molecular complexity index is 747. The van der Waals surface area contributed by atoms with E-state index in [9.17, 15) is 0 Å². The number of hydrogen-bond acceptors (Lipinski definition) is 2. The molecule has 3 nitrogen and oxygen atoms in total. The van der Waals surface area contributed by atoms with Crippen molar-refractivity contribution in [1.29, 1.82) is 0 Å². The number of aryl methyl sites for hydroxylation is 1. The average molecular weight is 351 g/mol. The Morgan fingerprint density at radius 1 is 1.25 bits per heavy atom. The first-order chi connectivity index (χ1) is 9.60. The van der Waals surface area contributed by atoms with Gasteiger partial charge in [0.15, 0.2) is 0 Å². The lowest BCUT2D eigenvalue weighted by Gasteiger charge is -2.06. The fourth-order valence-electron chi connectivity index (χ4n) is 2.13. The van der Waals surface area contributed by atoms with Crippen LogP contribution in [-0.2, 0) is 6.54 Å². The van der Waals surface area contributed by atoms with Crippen LogP contribution in [0.4, 0.5) is 5.69 Å². The first kappa shape index (κ1) is 13.5. The number of rotatable bonds is 3. The zero-order valence-electron chi connectivity index (χ0n) is 10.9. The summed E-state index contributed by atoms with van der Waals surface area (Å²) in [6, 6.07) is 10.0. The van der Waals surface area contributed by atoms with E-state index in [4.69, 9.17) is 11.6 Å². The van der Waals surface area contributed by atoms with Gasteiger partial charge in [-0.25, -0.2) is 4.98 Å². The molecule has 0 radical (unpaired) electrons. The van der Waals surface area contributed by atoms with E-state index in [1.165, 1.54) is 5.56 Å². The van der Waals surface area contributed by atoms with Crippen molar-refractivity contribution in [1.82, 2.24) is 9.38 Å². The minimum Gasteiger partial charge on any atom is -0.379 e. The number of fused-ring (bicyclic) bond motifs is 1. The molecule has 0 saturated heterocycles. The topological polar surface area (TPSA) is 29.3 Å². The van der Waals surface area contributed by atoms with Gasteiger partial charge in [0.25, 0.3) is 0 Å². The van der Waals surface area contributed by atoms with Gasteiger partial charge in [-0.1, -0.05) is 27.5 Å². The highest BCUT2D eigenvalue weighted by Crippen LogP contribution is 2.20. The fourth-order valence-corrected chi connectivity index (χ4v) is 2.91. The molecule has 0 atom stereocenters. The van der Waals surface area contributed by atoms with Crippen molar-refractivity contribution in [2.24, 2.45) is 0 Å². The van der Waals surface area contributed by atoms with Gasteiger partial charge in [0, 0.05) is 22.6 Å². The third-order valence-electron chi connectivity index (χ3n) is 2.98. The Kier molecular flexibility index (Phi) is 3.68. The second-order valence-corrected chi connectivity index (χ2v) is 6.07. The van der Waals surface area contributed by atoms with E-state index in [0.29, 0.717) is 11.6 Å². The van der Waals surface area contributed by atoms with E-state index in [-0.39, 0.29) is 0 Å². The molecule has 0 unspecified atom stereocenters. The van der Waals surface area contributed by atoms with Crippen molar-refractivity contribution in [2.45, 2.75) is 13.5 Å². The highest BCUT2D eigenvalue weighted by Gasteiger charge is 2.03. The Hall–Kier alpha value is -1.52. The largest absolute Gasteiger partial charge is 0.379 e. The Balaban J connectivity index is 1.79. The second-order valence-electron chi connectivity index (χ2n) is 4.72. The molecule has 0 bridgehead atoms. The monoisotopic (exact) mass is 349 g/mol. The first-order valence-corrected chi connectivity index (χ1v) is 7.41. The summed E-state index contributed by atoms with van der Waals surface area (Å²) < 4.78 is 3.01. The van der Waals surface area contributed by atoms with Gasteiger partial charge in [-0.05, 0) is 42.8 Å². The smallest absolute Gasteiger partial charge is 0.137 e. The highest BCUT2D eigenvalue weighted by molar-refractivity contribution is 9.10. The van der Waals surface area contributed by atoms with E-state index >= 15 is 0 Å². The van der Waals surface area contributed by atoms with Gasteiger partial charge in [0.05, 0.1) is 17.3 Å². The number of benzene rings is 1. The third kappa shape index (κ3) is 2.97. The normalized spacial score (nSPS) is 10.9. The maximum atomic E-state index is 5.97. The molecule has 0 spiro atoms. The molecule has 102 valence electrons. The number of nitrogens with zero attached hydrogens (tertiary/aromatic N) is 2. The van der Waals surface area contributed by atoms with Crippen LogP contribution in [0.2, 0.25) is 5.02 Å². The summed E-state index contributed by atoms with van der Waals surface area (Å²) in [5, 5.41) is 4.08. The number of imidazole rings is 1. The van der Waals surface area contributed by atoms with E-state index in [2.05, 4.69) is 51.4 Å². The van der Waals surface area contributed by atoms with Crippen LogP contribution in [0.3, 0.4) is 0 Å². The van der Waals surface area contributed by atoms with Gasteiger partial charge in [-0.15, -0.1) is 0 Å². The van der Waals surface area contributed by atoms with E-state index in [0.717, 1.165) is 21.5 Å². The molecule has 5 heteroatoms. The van der Waals surface area contributed by atoms with Crippen molar-refractivity contribution in [3.05, 3.63) is 63.5 Å². The number of anilines is 1. The molecule has 1 N–H and O–H groups in total. The summed E-state index contributed by atoms with van der Waals surface area (Å²) in [6.45, 7) is 2.75. The Morgan fingerprint density at radius 2 is 2.10 bits per heavy atom. The highest BCUT2D eigenvalue weighted by atomic mass is 79.9. The maximum Gasteiger partial charge on any atom is 0.137 e. The van der Waals surface area contributed by atoms with Crippen molar-refractivity contribution in [3.8, 4) is 0 Å². The summed E-state index contributed by atoms with van der Waals surface area (Å²) in [5.74, 6) is 0. The van der Waals surface area contributed by atoms with Gasteiger partial charge in [-0.3, -0.25) is 0 Å². The van der Waals surface area contributed by atoms with Crippen LogP contribution >= 0.6 is 27.5 Å². The predicted molar refractivity (Wildman–Crippen MR) is 86.4 cm³/mol. The SMILES string of the molecule is Cc1cc(Br)cc(NCc2cn3cc(Cl)ccc3n2)c1. The lowest BCUT2D eigenvalue weighted by atomic mass is 10.2. The van der Waals surface area contributed by atoms with Gasteiger partial charge >= 0.3 is 0 Å². The summed E-state index contributed by atoms with van der Waals surface area (Å²) in [7, 11) is 0. The number of pyridine rings is 1. The second kappa shape index (κ2) is 5.46. The fraction of sp³-hybridized carbons (Fsp3) is 0.133. The van der Waals surface area contributed by atoms with Crippen LogP contribution in [-0.4, -0.2) is 9.38 Å². The van der Waals surface area contributed by atoms with E-state index in [1.807, 2.05) is 28.9 Å². The number of nitrogens with one attached hydrogen (secondary N) is 1. The van der Waals surface area contributed by atoms with Crippen LogP contribution < -0.4 is 5.32 Å². The summed E-state index contributed by atoms with van der Waals surface area (Å²) >= 11 is 9.47. The molecule has 2 heterocycles. The summed E-state index contributed by atoms with van der Waals surface area (Å²) in [6.07, 6.45) is 3.84. The number of aromatic nitrogens is 2. The first-order valence-electron chi connectivity index (χ1n) is 6.24. The van der Waals surface area contributed by atoms with Crippen LogP contribution in [0.1, 0.15) is 11.3 Å². The molecular weight excluding hydrogens is 338 g/mol. The minimum atomic E-state index is 0.676. The molecule has 0 amide bonds. The molecule has 0 aliphatic carbocycles. The molecule has 1 aromatic carbocycles. The molecular formula is C15H13BrClN3. The minimum absolute atomic E-state index is 0.676. The summed E-state index contributed by atoms with van der Waals surface area (Å²) in [4.78, 5) is 4.54. The number of hydrogen-bond donors (Lipinski definition) is 1. The predicted octanol–water partition coefficient (Wildman–Crippen LogP) is 4.67. The third-order valence-corrected chi connectivity index (χ3v) is 3.66. The van der Waals surface area contributed by atoms with Crippen molar-refractivity contribution >= 4 is 38.9 Å².